The van der Waals surface area contributed by atoms with Crippen molar-refractivity contribution in [3.05, 3.63) is 0 Å². The molecule has 2 saturated heterocycles. The van der Waals surface area contributed by atoms with Gasteiger partial charge in [0.2, 0.25) is 5.91 Å². The third-order valence-corrected chi connectivity index (χ3v) is 3.83. The highest BCUT2D eigenvalue weighted by atomic mass is 16.5. The first-order chi connectivity index (χ1) is 8.15. The van der Waals surface area contributed by atoms with Gasteiger partial charge in [-0.15, -0.1) is 0 Å². The molecule has 4 heteroatoms. The lowest BCUT2D eigenvalue weighted by atomic mass is 9.99. The van der Waals surface area contributed by atoms with E-state index < -0.39 is 0 Å². The first-order valence-corrected chi connectivity index (χ1v) is 6.77. The normalized spacial score (nSPS) is 28.4. The Morgan fingerprint density at radius 1 is 1.24 bits per heavy atom. The highest BCUT2D eigenvalue weighted by molar-refractivity contribution is 5.78. The first-order valence-electron chi connectivity index (χ1n) is 6.77. The van der Waals surface area contributed by atoms with Crippen LogP contribution in [0, 0.1) is 5.92 Å². The van der Waals surface area contributed by atoms with Crippen LogP contribution in [0.4, 0.5) is 0 Å². The molecular weight excluding hydrogens is 216 g/mol. The highest BCUT2D eigenvalue weighted by Gasteiger charge is 2.24. The van der Waals surface area contributed by atoms with Crippen molar-refractivity contribution in [3.8, 4) is 0 Å². The lowest BCUT2D eigenvalue weighted by Gasteiger charge is -2.35. The van der Waals surface area contributed by atoms with Crippen LogP contribution >= 0.6 is 0 Å². The van der Waals surface area contributed by atoms with Crippen LogP contribution in [-0.4, -0.2) is 61.1 Å². The second-order valence-corrected chi connectivity index (χ2v) is 5.48. The van der Waals surface area contributed by atoms with Gasteiger partial charge in [0, 0.05) is 13.1 Å². The maximum atomic E-state index is 12.1. The van der Waals surface area contributed by atoms with E-state index in [0.29, 0.717) is 13.2 Å². The number of nitrogens with zero attached hydrogens (tertiary/aromatic N) is 2. The zero-order valence-electron chi connectivity index (χ0n) is 11.0. The number of likely N-dealkylation sites (tertiary alicyclic amines) is 1. The number of carbonyl (C=O) groups excluding carboxylic acids is 1. The third kappa shape index (κ3) is 3.68. The summed E-state index contributed by atoms with van der Waals surface area (Å²) in [6.45, 7) is 9.27. The predicted octanol–water partition coefficient (Wildman–Crippen LogP) is 0.966. The van der Waals surface area contributed by atoms with E-state index in [4.69, 9.17) is 4.74 Å². The van der Waals surface area contributed by atoms with Crippen molar-refractivity contribution in [3.63, 3.8) is 0 Å². The summed E-state index contributed by atoms with van der Waals surface area (Å²) in [5.74, 6) is 1.10. The second-order valence-electron chi connectivity index (χ2n) is 5.48. The molecule has 2 heterocycles. The molecule has 0 N–H and O–H groups in total. The van der Waals surface area contributed by atoms with Crippen LogP contribution in [0.15, 0.2) is 0 Å². The lowest BCUT2D eigenvalue weighted by molar-refractivity contribution is -0.139. The van der Waals surface area contributed by atoms with Gasteiger partial charge in [0.05, 0.1) is 19.3 Å². The van der Waals surface area contributed by atoms with E-state index in [1.807, 2.05) is 11.8 Å². The average molecular weight is 240 g/mol. The van der Waals surface area contributed by atoms with Gasteiger partial charge in [-0.2, -0.15) is 0 Å². The quantitative estimate of drug-likeness (QED) is 0.721. The largest absolute Gasteiger partial charge is 0.375 e. The van der Waals surface area contributed by atoms with Crippen molar-refractivity contribution in [1.29, 1.82) is 0 Å². The van der Waals surface area contributed by atoms with Crippen LogP contribution < -0.4 is 0 Å². The minimum Gasteiger partial charge on any atom is -0.375 e. The number of morpholine rings is 1. The van der Waals surface area contributed by atoms with E-state index in [1.54, 1.807) is 0 Å². The number of amides is 1. The van der Waals surface area contributed by atoms with Gasteiger partial charge in [-0.05, 0) is 38.8 Å². The molecular formula is C13H24N2O2. The lowest BCUT2D eigenvalue weighted by Crippen LogP contribution is -2.49. The summed E-state index contributed by atoms with van der Waals surface area (Å²) in [5, 5.41) is 0. The smallest absolute Gasteiger partial charge is 0.236 e. The number of rotatable bonds is 2. The summed E-state index contributed by atoms with van der Waals surface area (Å²) in [7, 11) is 0. The number of hydrogen-bond donors (Lipinski definition) is 0. The van der Waals surface area contributed by atoms with Gasteiger partial charge in [-0.3, -0.25) is 9.69 Å². The summed E-state index contributed by atoms with van der Waals surface area (Å²) in [6.07, 6.45) is 2.65. The molecule has 98 valence electrons. The Kier molecular flexibility index (Phi) is 4.40. The summed E-state index contributed by atoms with van der Waals surface area (Å²) in [4.78, 5) is 16.4. The molecule has 2 rings (SSSR count). The Morgan fingerprint density at radius 3 is 2.59 bits per heavy atom. The zero-order chi connectivity index (χ0) is 12.3. The van der Waals surface area contributed by atoms with Crippen LogP contribution in [0.25, 0.3) is 0 Å². The van der Waals surface area contributed by atoms with E-state index in [-0.39, 0.29) is 12.0 Å². The van der Waals surface area contributed by atoms with Crippen molar-refractivity contribution in [2.45, 2.75) is 32.8 Å². The van der Waals surface area contributed by atoms with Gasteiger partial charge in [-0.25, -0.2) is 0 Å². The number of carbonyl (C=O) groups is 1. The standard InChI is InChI=1S/C13H24N2O2/c1-11-3-5-14(6-4-11)10-13(16)15-7-8-17-12(2)9-15/h11-12H,3-10H2,1-2H3. The summed E-state index contributed by atoms with van der Waals surface area (Å²) in [5.41, 5.74) is 0. The molecule has 1 atom stereocenters. The summed E-state index contributed by atoms with van der Waals surface area (Å²) < 4.78 is 5.45. The van der Waals surface area contributed by atoms with Crippen LogP contribution in [0.5, 0.6) is 0 Å². The van der Waals surface area contributed by atoms with Crippen LogP contribution in [0.1, 0.15) is 26.7 Å². The zero-order valence-corrected chi connectivity index (χ0v) is 11.0. The maximum Gasteiger partial charge on any atom is 0.236 e. The molecule has 1 amide bonds. The number of ether oxygens (including phenoxy) is 1. The minimum atomic E-state index is 0.189. The van der Waals surface area contributed by atoms with Crippen LogP contribution in [-0.2, 0) is 9.53 Å². The van der Waals surface area contributed by atoms with Gasteiger partial charge in [0.1, 0.15) is 0 Å². The molecule has 2 fully saturated rings. The van der Waals surface area contributed by atoms with Crippen molar-refractivity contribution in [2.24, 2.45) is 5.92 Å². The molecule has 2 aliphatic heterocycles. The van der Waals surface area contributed by atoms with E-state index in [2.05, 4.69) is 11.8 Å². The van der Waals surface area contributed by atoms with Gasteiger partial charge in [-0.1, -0.05) is 6.92 Å². The van der Waals surface area contributed by atoms with Gasteiger partial charge in [0.25, 0.3) is 0 Å². The molecule has 0 aliphatic carbocycles. The molecule has 0 aromatic rings. The number of piperidine rings is 1. The van der Waals surface area contributed by atoms with E-state index in [0.717, 1.165) is 32.1 Å². The molecule has 2 aliphatic rings. The van der Waals surface area contributed by atoms with Crippen molar-refractivity contribution >= 4 is 5.91 Å². The van der Waals surface area contributed by atoms with Crippen LogP contribution in [0.3, 0.4) is 0 Å². The second kappa shape index (κ2) is 5.83. The Hall–Kier alpha value is -0.610. The molecule has 0 spiro atoms. The van der Waals surface area contributed by atoms with Crippen molar-refractivity contribution in [2.75, 3.05) is 39.3 Å². The fourth-order valence-electron chi connectivity index (χ4n) is 2.56. The molecule has 4 nitrogen and oxygen atoms in total. The Morgan fingerprint density at radius 2 is 1.94 bits per heavy atom. The van der Waals surface area contributed by atoms with E-state index in [1.165, 1.54) is 12.8 Å². The van der Waals surface area contributed by atoms with Gasteiger partial charge >= 0.3 is 0 Å². The van der Waals surface area contributed by atoms with Gasteiger partial charge < -0.3 is 9.64 Å². The monoisotopic (exact) mass is 240 g/mol. The third-order valence-electron chi connectivity index (χ3n) is 3.83. The van der Waals surface area contributed by atoms with Crippen molar-refractivity contribution < 1.29 is 9.53 Å². The SMILES string of the molecule is CC1CCN(CC(=O)N2CCOC(C)C2)CC1. The Labute approximate surface area is 104 Å². The van der Waals surface area contributed by atoms with Gasteiger partial charge in [0.15, 0.2) is 0 Å². The fourth-order valence-corrected chi connectivity index (χ4v) is 2.56. The van der Waals surface area contributed by atoms with E-state index in [9.17, 15) is 4.79 Å². The minimum absolute atomic E-state index is 0.189. The summed E-state index contributed by atoms with van der Waals surface area (Å²) >= 11 is 0. The first kappa shape index (κ1) is 12.8. The maximum absolute atomic E-state index is 12.1. The van der Waals surface area contributed by atoms with E-state index >= 15 is 0 Å². The predicted molar refractivity (Wildman–Crippen MR) is 66.8 cm³/mol. The molecule has 0 aromatic carbocycles. The summed E-state index contributed by atoms with van der Waals surface area (Å²) in [6, 6.07) is 0. The highest BCUT2D eigenvalue weighted by Crippen LogP contribution is 2.16. The molecule has 1 unspecified atom stereocenters. The number of hydrogen-bond acceptors (Lipinski definition) is 3. The Balaban J connectivity index is 1.76. The van der Waals surface area contributed by atoms with Crippen LogP contribution in [0.2, 0.25) is 0 Å². The fraction of sp³-hybridized carbons (Fsp3) is 0.923. The molecule has 0 radical (unpaired) electrons. The Bertz CT molecular complexity index is 262. The van der Waals surface area contributed by atoms with Crippen molar-refractivity contribution in [1.82, 2.24) is 9.80 Å². The molecule has 0 aromatic heterocycles. The molecule has 17 heavy (non-hydrogen) atoms. The topological polar surface area (TPSA) is 32.8 Å². The average Bonchev–Trinajstić information content (AvgIpc) is 2.32. The molecule has 0 saturated carbocycles. The molecule has 0 bridgehead atoms.